The first kappa shape index (κ1) is 14.8. The summed E-state index contributed by atoms with van der Waals surface area (Å²) >= 11 is 3.02. The van der Waals surface area contributed by atoms with Crippen molar-refractivity contribution in [3.8, 4) is 0 Å². The Kier molecular flexibility index (Phi) is 4.14. The Labute approximate surface area is 143 Å². The molecule has 0 aliphatic heterocycles. The Balaban J connectivity index is 1.63. The van der Waals surface area contributed by atoms with Crippen LogP contribution in [0.15, 0.2) is 46.8 Å². The minimum atomic E-state index is 0.165. The van der Waals surface area contributed by atoms with Crippen LogP contribution in [0.3, 0.4) is 0 Å². The third kappa shape index (κ3) is 3.03. The van der Waals surface area contributed by atoms with Gasteiger partial charge in [-0.15, -0.1) is 11.3 Å². The first-order valence-corrected chi connectivity index (χ1v) is 9.64. The van der Waals surface area contributed by atoms with E-state index in [0.29, 0.717) is 11.7 Å². The summed E-state index contributed by atoms with van der Waals surface area (Å²) in [6.07, 6.45) is 3.62. The van der Waals surface area contributed by atoms with E-state index in [-0.39, 0.29) is 5.78 Å². The van der Waals surface area contributed by atoms with Crippen molar-refractivity contribution in [2.45, 2.75) is 30.2 Å². The lowest BCUT2D eigenvalue weighted by molar-refractivity contribution is 0.102. The molecule has 0 saturated heterocycles. The second-order valence-electron chi connectivity index (χ2n) is 5.72. The van der Waals surface area contributed by atoms with Crippen LogP contribution in [0, 0.1) is 0 Å². The fourth-order valence-corrected chi connectivity index (χ4v) is 4.33. The molecule has 0 radical (unpaired) electrons. The number of carbonyl (C=O) groups excluding carboxylic acids is 1. The summed E-state index contributed by atoms with van der Waals surface area (Å²) in [5, 5.41) is 3.91. The van der Waals surface area contributed by atoms with Crippen molar-refractivity contribution in [3.63, 3.8) is 0 Å². The molecular weight excluding hydrogens is 324 g/mol. The fourth-order valence-electron chi connectivity index (χ4n) is 2.67. The van der Waals surface area contributed by atoms with Gasteiger partial charge in [0.1, 0.15) is 10.9 Å². The summed E-state index contributed by atoms with van der Waals surface area (Å²) in [4.78, 5) is 22.6. The van der Waals surface area contributed by atoms with Crippen molar-refractivity contribution in [2.75, 3.05) is 5.75 Å². The second-order valence-corrected chi connectivity index (χ2v) is 7.63. The lowest BCUT2D eigenvalue weighted by atomic mass is 9.85. The second kappa shape index (κ2) is 6.42. The number of ketones is 1. The molecule has 0 bridgehead atoms. The van der Waals surface area contributed by atoms with Crippen molar-refractivity contribution in [2.24, 2.45) is 0 Å². The van der Waals surface area contributed by atoms with Gasteiger partial charge in [-0.1, -0.05) is 42.4 Å². The molecule has 1 saturated carbocycles. The monoisotopic (exact) mass is 340 g/mol. The Hall–Kier alpha value is -1.72. The van der Waals surface area contributed by atoms with E-state index in [1.165, 1.54) is 42.4 Å². The molecular formula is C18H16N2OS2. The number of thiophene rings is 1. The molecule has 1 fully saturated rings. The highest BCUT2D eigenvalue weighted by Crippen LogP contribution is 2.36. The molecule has 0 spiro atoms. The normalized spacial score (nSPS) is 14.8. The van der Waals surface area contributed by atoms with Gasteiger partial charge in [0, 0.05) is 11.3 Å². The van der Waals surface area contributed by atoms with Gasteiger partial charge in [0.25, 0.3) is 0 Å². The number of aromatic nitrogens is 2. The van der Waals surface area contributed by atoms with Crippen LogP contribution < -0.4 is 0 Å². The van der Waals surface area contributed by atoms with Crippen LogP contribution in [-0.4, -0.2) is 21.5 Å². The predicted octanol–water partition coefficient (Wildman–Crippen LogP) is 4.93. The van der Waals surface area contributed by atoms with Gasteiger partial charge in [-0.2, -0.15) is 0 Å². The van der Waals surface area contributed by atoms with Crippen molar-refractivity contribution >= 4 is 39.8 Å². The molecule has 0 N–H and O–H groups in total. The SMILES string of the molecule is O=C(CSc1nc(C2CCC2)nc2ccccc12)c1cccs1. The molecule has 1 aliphatic carbocycles. The van der Waals surface area contributed by atoms with Crippen LogP contribution in [0.25, 0.3) is 10.9 Å². The first-order valence-electron chi connectivity index (χ1n) is 7.77. The number of rotatable bonds is 5. The average molecular weight is 340 g/mol. The highest BCUT2D eigenvalue weighted by molar-refractivity contribution is 8.00. The van der Waals surface area contributed by atoms with Gasteiger partial charge in [-0.05, 0) is 30.4 Å². The number of thioether (sulfide) groups is 1. The summed E-state index contributed by atoms with van der Waals surface area (Å²) < 4.78 is 0. The molecule has 2 heterocycles. The lowest BCUT2D eigenvalue weighted by Crippen LogP contribution is -2.13. The van der Waals surface area contributed by atoms with Crippen molar-refractivity contribution < 1.29 is 4.79 Å². The molecule has 3 aromatic rings. The molecule has 23 heavy (non-hydrogen) atoms. The Bertz CT molecular complexity index is 841. The molecule has 0 atom stereocenters. The Morgan fingerprint density at radius 3 is 2.78 bits per heavy atom. The van der Waals surface area contributed by atoms with Crippen LogP contribution in [-0.2, 0) is 0 Å². The highest BCUT2D eigenvalue weighted by Gasteiger charge is 2.23. The number of para-hydroxylation sites is 1. The Morgan fingerprint density at radius 1 is 1.17 bits per heavy atom. The molecule has 1 aromatic carbocycles. The number of hydrogen-bond donors (Lipinski definition) is 0. The molecule has 116 valence electrons. The van der Waals surface area contributed by atoms with E-state index in [1.54, 1.807) is 0 Å². The van der Waals surface area contributed by atoms with Crippen LogP contribution in [0.1, 0.15) is 40.7 Å². The molecule has 0 unspecified atom stereocenters. The van der Waals surface area contributed by atoms with Crippen molar-refractivity contribution in [1.29, 1.82) is 0 Å². The van der Waals surface area contributed by atoms with Crippen LogP contribution in [0.4, 0.5) is 0 Å². The number of Topliss-reactive ketones (excluding diaryl/α,β-unsaturated/α-hetero) is 1. The number of benzene rings is 1. The van der Waals surface area contributed by atoms with Gasteiger partial charge in [-0.25, -0.2) is 9.97 Å². The Morgan fingerprint density at radius 2 is 2.04 bits per heavy atom. The van der Waals surface area contributed by atoms with E-state index in [1.807, 2.05) is 41.8 Å². The number of hydrogen-bond acceptors (Lipinski definition) is 5. The minimum Gasteiger partial charge on any atom is -0.292 e. The zero-order chi connectivity index (χ0) is 15.6. The molecule has 5 heteroatoms. The quantitative estimate of drug-likeness (QED) is 0.375. The topological polar surface area (TPSA) is 42.9 Å². The average Bonchev–Trinajstić information content (AvgIpc) is 3.05. The molecule has 1 aliphatic rings. The molecule has 3 nitrogen and oxygen atoms in total. The largest absolute Gasteiger partial charge is 0.292 e. The maximum Gasteiger partial charge on any atom is 0.183 e. The smallest absolute Gasteiger partial charge is 0.183 e. The van der Waals surface area contributed by atoms with E-state index < -0.39 is 0 Å². The summed E-state index contributed by atoms with van der Waals surface area (Å²) in [6, 6.07) is 11.9. The number of carbonyl (C=O) groups is 1. The minimum absolute atomic E-state index is 0.165. The maximum atomic E-state index is 12.2. The van der Waals surface area contributed by atoms with Crippen LogP contribution in [0.2, 0.25) is 0 Å². The zero-order valence-electron chi connectivity index (χ0n) is 12.6. The van der Waals surface area contributed by atoms with Crippen LogP contribution >= 0.6 is 23.1 Å². The summed E-state index contributed by atoms with van der Waals surface area (Å²) in [5.74, 6) is 2.02. The summed E-state index contributed by atoms with van der Waals surface area (Å²) in [7, 11) is 0. The molecule has 0 amide bonds. The lowest BCUT2D eigenvalue weighted by Gasteiger charge is -2.24. The predicted molar refractivity (Wildman–Crippen MR) is 95.5 cm³/mol. The van der Waals surface area contributed by atoms with E-state index in [2.05, 4.69) is 0 Å². The van der Waals surface area contributed by atoms with Gasteiger partial charge in [0.15, 0.2) is 5.78 Å². The number of nitrogens with zero attached hydrogens (tertiary/aromatic N) is 2. The van der Waals surface area contributed by atoms with Crippen molar-refractivity contribution in [1.82, 2.24) is 9.97 Å². The van der Waals surface area contributed by atoms with Crippen molar-refractivity contribution in [3.05, 3.63) is 52.5 Å². The van der Waals surface area contributed by atoms with E-state index in [4.69, 9.17) is 9.97 Å². The first-order chi connectivity index (χ1) is 11.3. The highest BCUT2D eigenvalue weighted by atomic mass is 32.2. The van der Waals surface area contributed by atoms with Gasteiger partial charge in [0.05, 0.1) is 16.1 Å². The van der Waals surface area contributed by atoms with Gasteiger partial charge in [0.2, 0.25) is 0 Å². The number of fused-ring (bicyclic) bond motifs is 1. The zero-order valence-corrected chi connectivity index (χ0v) is 14.2. The summed E-state index contributed by atoms with van der Waals surface area (Å²) in [5.41, 5.74) is 0.982. The maximum absolute atomic E-state index is 12.2. The summed E-state index contributed by atoms with van der Waals surface area (Å²) in [6.45, 7) is 0. The van der Waals surface area contributed by atoms with Gasteiger partial charge < -0.3 is 0 Å². The van der Waals surface area contributed by atoms with E-state index in [0.717, 1.165) is 26.6 Å². The molecule has 4 rings (SSSR count). The third-order valence-electron chi connectivity index (χ3n) is 4.19. The van der Waals surface area contributed by atoms with Gasteiger partial charge >= 0.3 is 0 Å². The van der Waals surface area contributed by atoms with Gasteiger partial charge in [-0.3, -0.25) is 4.79 Å². The van der Waals surface area contributed by atoms with Crippen LogP contribution in [0.5, 0.6) is 0 Å². The fraction of sp³-hybridized carbons (Fsp3) is 0.278. The van der Waals surface area contributed by atoms with E-state index >= 15 is 0 Å². The third-order valence-corrected chi connectivity index (χ3v) is 6.09. The van der Waals surface area contributed by atoms with E-state index in [9.17, 15) is 4.79 Å². The molecule has 2 aromatic heterocycles. The standard InChI is InChI=1S/C18H16N2OS2/c21-15(16-9-4-10-22-16)11-23-18-13-7-1-2-8-14(13)19-17(20-18)12-5-3-6-12/h1-2,4,7-10,12H,3,5-6,11H2.